The Labute approximate surface area is 68.0 Å². The summed E-state index contributed by atoms with van der Waals surface area (Å²) in [4.78, 5) is 0. The first-order valence-electron chi connectivity index (χ1n) is 4.44. The molecule has 0 atom stereocenters. The predicted molar refractivity (Wildman–Crippen MR) is 43.5 cm³/mol. The molecule has 0 fully saturated rings. The van der Waals surface area contributed by atoms with Crippen molar-refractivity contribution in [2.45, 2.75) is 51.9 Å². The van der Waals surface area contributed by atoms with Crippen LogP contribution in [0.3, 0.4) is 0 Å². The number of unbranched alkanes of at least 4 members (excludes halogenated alkanes) is 5. The van der Waals surface area contributed by atoms with Gasteiger partial charge in [-0.3, -0.25) is 0 Å². The minimum absolute atomic E-state index is 0.00608. The summed E-state index contributed by atoms with van der Waals surface area (Å²) in [5, 5.41) is 0. The highest BCUT2D eigenvalue weighted by Gasteiger charge is 2.02. The molecule has 0 aromatic heterocycles. The Morgan fingerprint density at radius 2 is 1.45 bits per heavy atom. The van der Waals surface area contributed by atoms with Crippen LogP contribution in [0, 0.1) is 6.43 Å². The van der Waals surface area contributed by atoms with Gasteiger partial charge in [0.15, 0.2) is 0 Å². The smallest absolute Gasteiger partial charge is 0.200 e. The van der Waals surface area contributed by atoms with Crippen molar-refractivity contribution in [1.82, 2.24) is 0 Å². The molecule has 0 nitrogen and oxygen atoms in total. The van der Waals surface area contributed by atoms with Crippen LogP contribution in [-0.2, 0) is 0 Å². The van der Waals surface area contributed by atoms with Crippen LogP contribution in [0.4, 0.5) is 8.78 Å². The van der Waals surface area contributed by atoms with Crippen LogP contribution in [0.25, 0.3) is 0 Å². The van der Waals surface area contributed by atoms with Gasteiger partial charge in [-0.1, -0.05) is 39.0 Å². The van der Waals surface area contributed by atoms with E-state index >= 15 is 0 Å². The second-order valence-corrected chi connectivity index (χ2v) is 2.86. The molecule has 0 amide bonds. The quantitative estimate of drug-likeness (QED) is 0.494. The fourth-order valence-electron chi connectivity index (χ4n) is 1.04. The maximum Gasteiger partial charge on any atom is 0.310 e. The summed E-state index contributed by atoms with van der Waals surface area (Å²) in [7, 11) is 0. The van der Waals surface area contributed by atoms with Gasteiger partial charge >= 0.3 is 6.43 Å². The van der Waals surface area contributed by atoms with Gasteiger partial charge in [0.25, 0.3) is 0 Å². The van der Waals surface area contributed by atoms with E-state index in [2.05, 4.69) is 6.92 Å². The lowest BCUT2D eigenvalue weighted by atomic mass is 10.1. The average Bonchev–Trinajstić information content (AvgIpc) is 1.96. The van der Waals surface area contributed by atoms with Crippen LogP contribution in [0.2, 0.25) is 0 Å². The Hall–Kier alpha value is -0.140. The molecule has 0 saturated carbocycles. The Morgan fingerprint density at radius 3 is 2.00 bits per heavy atom. The molecule has 1 radical (unpaired) electrons. The Bertz CT molecular complexity index is 72.0. The summed E-state index contributed by atoms with van der Waals surface area (Å²) >= 11 is 0. The van der Waals surface area contributed by atoms with Crippen LogP contribution in [0.5, 0.6) is 0 Å². The van der Waals surface area contributed by atoms with Crippen molar-refractivity contribution in [3.05, 3.63) is 6.43 Å². The van der Waals surface area contributed by atoms with Gasteiger partial charge in [-0.25, -0.2) is 0 Å². The maximum atomic E-state index is 11.5. The third-order valence-electron chi connectivity index (χ3n) is 1.72. The van der Waals surface area contributed by atoms with Crippen LogP contribution in [-0.4, -0.2) is 0 Å². The highest BCUT2D eigenvalue weighted by molar-refractivity contribution is 4.58. The highest BCUT2D eigenvalue weighted by atomic mass is 19.3. The van der Waals surface area contributed by atoms with Crippen LogP contribution in [0.1, 0.15) is 51.9 Å². The number of hydrogen-bond acceptors (Lipinski definition) is 0. The molecule has 0 aromatic rings. The van der Waals surface area contributed by atoms with Crippen molar-refractivity contribution in [2.75, 3.05) is 0 Å². The fraction of sp³-hybridized carbons (Fsp3) is 0.889. The monoisotopic (exact) mass is 163 g/mol. The zero-order valence-electron chi connectivity index (χ0n) is 7.21. The Morgan fingerprint density at radius 1 is 0.909 bits per heavy atom. The van der Waals surface area contributed by atoms with Gasteiger partial charge < -0.3 is 0 Å². The third kappa shape index (κ3) is 9.86. The van der Waals surface area contributed by atoms with Crippen molar-refractivity contribution in [3.63, 3.8) is 0 Å². The molecule has 0 rings (SSSR count). The maximum absolute atomic E-state index is 11.5. The Balaban J connectivity index is 2.80. The first kappa shape index (κ1) is 10.9. The Kier molecular flexibility index (Phi) is 7.86. The number of halogens is 2. The lowest BCUT2D eigenvalue weighted by molar-refractivity contribution is 0.264. The van der Waals surface area contributed by atoms with Gasteiger partial charge in [-0.15, -0.1) is 0 Å². The van der Waals surface area contributed by atoms with Gasteiger partial charge in [0.2, 0.25) is 0 Å². The molecule has 0 spiro atoms. The minimum Gasteiger partial charge on any atom is -0.200 e. The van der Waals surface area contributed by atoms with Gasteiger partial charge in [0, 0.05) is 6.42 Å². The lowest BCUT2D eigenvalue weighted by Gasteiger charge is -1.98. The minimum atomic E-state index is -1.42. The summed E-state index contributed by atoms with van der Waals surface area (Å²) in [6.45, 7) is 2.15. The summed E-state index contributed by atoms with van der Waals surface area (Å²) in [6.07, 6.45) is 4.97. The molecule has 0 aromatic carbocycles. The van der Waals surface area contributed by atoms with Gasteiger partial charge in [-0.2, -0.15) is 8.78 Å². The van der Waals surface area contributed by atoms with Crippen molar-refractivity contribution >= 4 is 0 Å². The van der Waals surface area contributed by atoms with Crippen molar-refractivity contribution in [2.24, 2.45) is 0 Å². The first-order valence-corrected chi connectivity index (χ1v) is 4.44. The molecule has 0 N–H and O–H groups in total. The molecular formula is C9H17F2. The molecule has 0 bridgehead atoms. The van der Waals surface area contributed by atoms with E-state index in [4.69, 9.17) is 0 Å². The van der Waals surface area contributed by atoms with Crippen molar-refractivity contribution in [1.29, 1.82) is 0 Å². The summed E-state index contributed by atoms with van der Waals surface area (Å²) in [5.41, 5.74) is 0. The second-order valence-electron chi connectivity index (χ2n) is 2.86. The molecule has 0 aliphatic heterocycles. The molecule has 2 heteroatoms. The fourth-order valence-corrected chi connectivity index (χ4v) is 1.04. The second kappa shape index (κ2) is 7.96. The lowest BCUT2D eigenvalue weighted by Crippen LogP contribution is -1.82. The molecular weight excluding hydrogens is 146 g/mol. The van der Waals surface area contributed by atoms with Gasteiger partial charge in [0.1, 0.15) is 0 Å². The van der Waals surface area contributed by atoms with Gasteiger partial charge in [0.05, 0.1) is 0 Å². The van der Waals surface area contributed by atoms with Crippen molar-refractivity contribution < 1.29 is 8.78 Å². The molecule has 0 aliphatic rings. The standard InChI is InChI=1S/C9H17F2/c1-2-3-4-5-6-7-8-9(10)11/h2-8H2,1H3. The van der Waals surface area contributed by atoms with E-state index in [0.717, 1.165) is 12.8 Å². The van der Waals surface area contributed by atoms with Crippen LogP contribution >= 0.6 is 0 Å². The van der Waals surface area contributed by atoms with Crippen molar-refractivity contribution in [3.8, 4) is 0 Å². The predicted octanol–water partition coefficient (Wildman–Crippen LogP) is 4.17. The van der Waals surface area contributed by atoms with E-state index in [0.29, 0.717) is 6.42 Å². The summed E-state index contributed by atoms with van der Waals surface area (Å²) in [6, 6.07) is 0. The molecule has 0 aliphatic carbocycles. The highest BCUT2D eigenvalue weighted by Crippen LogP contribution is 2.15. The van der Waals surface area contributed by atoms with E-state index in [1.807, 2.05) is 0 Å². The van der Waals surface area contributed by atoms with E-state index < -0.39 is 6.43 Å². The van der Waals surface area contributed by atoms with E-state index in [1.54, 1.807) is 0 Å². The zero-order chi connectivity index (χ0) is 8.53. The SMILES string of the molecule is CCCCCCCC[C](F)F. The van der Waals surface area contributed by atoms with E-state index in [9.17, 15) is 8.78 Å². The van der Waals surface area contributed by atoms with E-state index in [-0.39, 0.29) is 6.42 Å². The largest absolute Gasteiger partial charge is 0.310 e. The van der Waals surface area contributed by atoms with Gasteiger partial charge in [-0.05, 0) is 6.42 Å². The molecule has 0 unspecified atom stereocenters. The average molecular weight is 163 g/mol. The summed E-state index contributed by atoms with van der Waals surface area (Å²) < 4.78 is 23.1. The molecule has 0 heterocycles. The van der Waals surface area contributed by atoms with Crippen LogP contribution < -0.4 is 0 Å². The number of rotatable bonds is 7. The topological polar surface area (TPSA) is 0 Å². The normalized spacial score (nSPS) is 10.9. The summed E-state index contributed by atoms with van der Waals surface area (Å²) in [5.74, 6) is 0. The third-order valence-corrected chi connectivity index (χ3v) is 1.72. The molecule has 67 valence electrons. The first-order chi connectivity index (χ1) is 5.27. The molecule has 11 heavy (non-hydrogen) atoms. The zero-order valence-corrected chi connectivity index (χ0v) is 7.21. The van der Waals surface area contributed by atoms with E-state index in [1.165, 1.54) is 19.3 Å². The number of hydrogen-bond donors (Lipinski definition) is 0. The molecule has 0 saturated heterocycles. The van der Waals surface area contributed by atoms with Crippen LogP contribution in [0.15, 0.2) is 0 Å².